The van der Waals surface area contributed by atoms with Gasteiger partial charge < -0.3 is 24.0 Å². The van der Waals surface area contributed by atoms with E-state index < -0.39 is 35.0 Å². The summed E-state index contributed by atoms with van der Waals surface area (Å²) in [5.41, 5.74) is 2.24. The van der Waals surface area contributed by atoms with Crippen LogP contribution in [0.5, 0.6) is 23.0 Å². The molecule has 2 atom stereocenters. The maximum Gasteiger partial charge on any atom is 0.265 e. The molecule has 0 radical (unpaired) electrons. The van der Waals surface area contributed by atoms with E-state index in [9.17, 15) is 24.4 Å². The first kappa shape index (κ1) is 45.1. The van der Waals surface area contributed by atoms with Crippen LogP contribution in [0.25, 0.3) is 10.9 Å². The number of nitrogens with zero attached hydrogens (tertiary/aromatic N) is 8. The Bertz CT molecular complexity index is 2770. The predicted octanol–water partition coefficient (Wildman–Crippen LogP) is 6.68. The van der Waals surface area contributed by atoms with Crippen molar-refractivity contribution in [3.63, 3.8) is 0 Å². The van der Waals surface area contributed by atoms with Crippen LogP contribution in [-0.4, -0.2) is 108 Å². The number of piperazine rings is 1. The molecule has 3 aromatic carbocycles. The fourth-order valence-corrected chi connectivity index (χ4v) is 9.97. The third kappa shape index (κ3) is 8.61. The van der Waals surface area contributed by atoms with Crippen molar-refractivity contribution < 1.29 is 37.8 Å². The standard InChI is InChI=1S/C50H54FN9O7/c1-5-66-42-28-32(6-11-40(42)65-4)38(13-19-52)60-47(62)35-14-20-53-46(44(35)48(60)63)59-26-24-57(25-27-59)21-15-31-16-22-58(23-17-31)33-7-9-34(10-8-33)67-41-30-39-36(29-37(41)51)45(55-56(39)3)50(2)18-12-43(61)54-49(50)64/h6-11,14,20,28-31,38H,5,12-13,15-18,21-27H2,1-4H3,(H,54,61,64)/t38-,50-/m1/s1. The summed E-state index contributed by atoms with van der Waals surface area (Å²) in [5.74, 6) is 0.393. The van der Waals surface area contributed by atoms with Gasteiger partial charge in [-0.25, -0.2) is 9.37 Å². The number of hydrogen-bond donors (Lipinski definition) is 1. The van der Waals surface area contributed by atoms with E-state index in [0.717, 1.165) is 57.7 Å². The van der Waals surface area contributed by atoms with E-state index in [1.807, 2.05) is 31.2 Å². The number of rotatable bonds is 14. The zero-order chi connectivity index (χ0) is 47.0. The number of carbonyl (C=O) groups excluding carboxylic acids is 4. The van der Waals surface area contributed by atoms with Gasteiger partial charge in [0.25, 0.3) is 11.8 Å². The summed E-state index contributed by atoms with van der Waals surface area (Å²) in [5, 5.41) is 17.3. The van der Waals surface area contributed by atoms with Gasteiger partial charge in [-0.2, -0.15) is 10.4 Å². The summed E-state index contributed by atoms with van der Waals surface area (Å²) in [6.45, 7) is 9.72. The van der Waals surface area contributed by atoms with Crippen LogP contribution in [-0.2, 0) is 22.1 Å². The van der Waals surface area contributed by atoms with E-state index in [4.69, 9.17) is 14.2 Å². The highest BCUT2D eigenvalue weighted by Crippen LogP contribution is 2.41. The molecule has 2 aromatic heterocycles. The van der Waals surface area contributed by atoms with Gasteiger partial charge in [-0.05, 0) is 106 Å². The van der Waals surface area contributed by atoms with E-state index in [0.29, 0.717) is 76.4 Å². The monoisotopic (exact) mass is 911 g/mol. The van der Waals surface area contributed by atoms with Crippen molar-refractivity contribution in [2.24, 2.45) is 13.0 Å². The Morgan fingerprint density at radius 1 is 0.925 bits per heavy atom. The molecule has 5 aromatic rings. The molecule has 0 spiro atoms. The van der Waals surface area contributed by atoms with Gasteiger partial charge in [-0.15, -0.1) is 0 Å². The molecule has 67 heavy (non-hydrogen) atoms. The first-order valence-electron chi connectivity index (χ1n) is 23.0. The molecule has 0 unspecified atom stereocenters. The highest BCUT2D eigenvalue weighted by Gasteiger charge is 2.45. The first-order valence-corrected chi connectivity index (χ1v) is 23.0. The molecule has 3 saturated heterocycles. The van der Waals surface area contributed by atoms with Gasteiger partial charge in [0.2, 0.25) is 11.8 Å². The Hall–Kier alpha value is -7.06. The normalized spacial score (nSPS) is 19.7. The van der Waals surface area contributed by atoms with Crippen molar-refractivity contribution in [2.75, 3.05) is 69.3 Å². The molecular formula is C50H54FN9O7. The second-order valence-electron chi connectivity index (χ2n) is 17.9. The number of amides is 4. The summed E-state index contributed by atoms with van der Waals surface area (Å²) < 4.78 is 34.4. The number of aryl methyl sites for hydroxylation is 1. The zero-order valence-corrected chi connectivity index (χ0v) is 38.2. The van der Waals surface area contributed by atoms with Crippen LogP contribution in [0, 0.1) is 23.1 Å². The van der Waals surface area contributed by atoms with Crippen molar-refractivity contribution in [1.82, 2.24) is 29.9 Å². The molecule has 0 aliphatic carbocycles. The van der Waals surface area contributed by atoms with E-state index >= 15 is 4.39 Å². The smallest absolute Gasteiger partial charge is 0.265 e. The number of aromatic nitrogens is 3. The SMILES string of the molecule is CCOc1cc([C@@H](CC#N)N2C(=O)c3ccnc(N4CCN(CCC5CCN(c6ccc(Oc7cc8c(cc7F)c([C@@]7(C)CCC(=O)NC7=O)nn8C)cc6)CC5)CC4)c3C2=O)ccc1OC. The Labute approximate surface area is 388 Å². The third-order valence-corrected chi connectivity index (χ3v) is 13.9. The number of pyridine rings is 1. The molecule has 6 heterocycles. The van der Waals surface area contributed by atoms with Crippen molar-refractivity contribution in [2.45, 2.75) is 63.8 Å². The Morgan fingerprint density at radius 3 is 2.39 bits per heavy atom. The van der Waals surface area contributed by atoms with Gasteiger partial charge in [-0.1, -0.05) is 6.07 Å². The Balaban J connectivity index is 0.765. The number of nitriles is 1. The number of anilines is 2. The molecule has 9 rings (SSSR count). The summed E-state index contributed by atoms with van der Waals surface area (Å²) in [6.07, 6.45) is 5.19. The molecule has 3 fully saturated rings. The molecular weight excluding hydrogens is 858 g/mol. The summed E-state index contributed by atoms with van der Waals surface area (Å²) in [7, 11) is 3.28. The Morgan fingerprint density at radius 2 is 1.69 bits per heavy atom. The van der Waals surface area contributed by atoms with Gasteiger partial charge in [0.15, 0.2) is 23.1 Å². The third-order valence-electron chi connectivity index (χ3n) is 13.9. The topological polar surface area (TPSA) is 175 Å². The molecule has 0 saturated carbocycles. The molecule has 348 valence electrons. The van der Waals surface area contributed by atoms with Gasteiger partial charge in [0, 0.05) is 76.1 Å². The minimum Gasteiger partial charge on any atom is -0.493 e. The van der Waals surface area contributed by atoms with E-state index in [1.165, 1.54) is 11.0 Å². The van der Waals surface area contributed by atoms with Crippen LogP contribution >= 0.6 is 0 Å². The maximum absolute atomic E-state index is 15.6. The highest BCUT2D eigenvalue weighted by atomic mass is 19.1. The van der Waals surface area contributed by atoms with Crippen LogP contribution < -0.4 is 29.3 Å². The zero-order valence-electron chi connectivity index (χ0n) is 38.2. The molecule has 17 heteroatoms. The number of imide groups is 2. The number of ether oxygens (including phenoxy) is 3. The van der Waals surface area contributed by atoms with Crippen LogP contribution in [0.1, 0.15) is 90.4 Å². The number of methoxy groups -OCH3 is 1. The second-order valence-corrected chi connectivity index (χ2v) is 17.9. The minimum atomic E-state index is -1.06. The lowest BCUT2D eigenvalue weighted by Crippen LogP contribution is -2.50. The fraction of sp³-hybridized carbons (Fsp3) is 0.420. The van der Waals surface area contributed by atoms with Crippen LogP contribution in [0.4, 0.5) is 15.9 Å². The van der Waals surface area contributed by atoms with Gasteiger partial charge in [0.05, 0.1) is 60.0 Å². The largest absolute Gasteiger partial charge is 0.493 e. The van der Waals surface area contributed by atoms with E-state index in [1.54, 1.807) is 62.3 Å². The predicted molar refractivity (Wildman–Crippen MR) is 247 cm³/mol. The second kappa shape index (κ2) is 18.7. The van der Waals surface area contributed by atoms with E-state index in [-0.39, 0.29) is 36.5 Å². The van der Waals surface area contributed by atoms with Gasteiger partial charge >= 0.3 is 0 Å². The molecule has 4 amide bonds. The quantitative estimate of drug-likeness (QED) is 0.117. The number of benzene rings is 3. The highest BCUT2D eigenvalue weighted by molar-refractivity contribution is 6.23. The minimum absolute atomic E-state index is 0.0495. The molecule has 4 aliphatic heterocycles. The van der Waals surface area contributed by atoms with E-state index in [2.05, 4.69) is 36.2 Å². The molecule has 16 nitrogen and oxygen atoms in total. The lowest BCUT2D eigenvalue weighted by Gasteiger charge is -2.38. The number of fused-ring (bicyclic) bond motifs is 2. The van der Waals surface area contributed by atoms with Gasteiger partial charge in [-0.3, -0.25) is 39.0 Å². The van der Waals surface area contributed by atoms with Crippen molar-refractivity contribution in [3.8, 4) is 29.1 Å². The van der Waals surface area contributed by atoms with Crippen molar-refractivity contribution in [3.05, 3.63) is 95.1 Å². The number of carbonyl (C=O) groups is 4. The molecule has 1 N–H and O–H groups in total. The Kier molecular flexibility index (Phi) is 12.6. The number of halogens is 1. The average Bonchev–Trinajstić information content (AvgIpc) is 3.80. The summed E-state index contributed by atoms with van der Waals surface area (Å²) in [6, 6.07) is 18.8. The lowest BCUT2D eigenvalue weighted by molar-refractivity contribution is -0.137. The fourth-order valence-electron chi connectivity index (χ4n) is 9.97. The van der Waals surface area contributed by atoms with Crippen LogP contribution in [0.15, 0.2) is 66.9 Å². The molecule has 4 aliphatic rings. The lowest BCUT2D eigenvalue weighted by atomic mass is 9.77. The van der Waals surface area contributed by atoms with Gasteiger partial charge in [0.1, 0.15) is 11.6 Å². The molecule has 0 bridgehead atoms. The number of nitrogens with one attached hydrogen (secondary N) is 1. The van der Waals surface area contributed by atoms with Crippen molar-refractivity contribution >= 4 is 46.0 Å². The van der Waals surface area contributed by atoms with Crippen LogP contribution in [0.2, 0.25) is 0 Å². The number of hydrogen-bond acceptors (Lipinski definition) is 13. The average molecular weight is 912 g/mol. The summed E-state index contributed by atoms with van der Waals surface area (Å²) >= 11 is 0. The van der Waals surface area contributed by atoms with Crippen molar-refractivity contribution in [1.29, 1.82) is 5.26 Å². The van der Waals surface area contributed by atoms with Crippen LogP contribution in [0.3, 0.4) is 0 Å². The first-order chi connectivity index (χ1) is 32.4. The summed E-state index contributed by atoms with van der Waals surface area (Å²) in [4.78, 5) is 65.5. The maximum atomic E-state index is 15.6. The number of piperidine rings is 2.